The highest BCUT2D eigenvalue weighted by Gasteiger charge is 2.30. The Morgan fingerprint density at radius 1 is 1.08 bits per heavy atom. The number of carbonyl (C=O) groups excluding carboxylic acids is 1. The molecular formula is C19H17N3O3. The maximum atomic E-state index is 12.8. The molecule has 0 atom stereocenters. The van der Waals surface area contributed by atoms with Crippen LogP contribution in [0.5, 0.6) is 0 Å². The third kappa shape index (κ3) is 3.19. The van der Waals surface area contributed by atoms with Gasteiger partial charge in [-0.2, -0.15) is 0 Å². The Morgan fingerprint density at radius 2 is 1.76 bits per heavy atom. The first kappa shape index (κ1) is 16.6. The van der Waals surface area contributed by atoms with Gasteiger partial charge in [-0.15, -0.1) is 0 Å². The van der Waals surface area contributed by atoms with E-state index in [0.717, 1.165) is 10.9 Å². The van der Waals surface area contributed by atoms with Crippen LogP contribution in [0.4, 0.5) is 11.4 Å². The second-order valence-corrected chi connectivity index (χ2v) is 6.26. The molecule has 1 N–H and O–H groups in total. The van der Waals surface area contributed by atoms with Crippen LogP contribution in [0.1, 0.15) is 19.4 Å². The zero-order chi connectivity index (χ0) is 18.0. The van der Waals surface area contributed by atoms with Crippen LogP contribution in [0.25, 0.3) is 10.9 Å². The smallest absolute Gasteiger partial charge is 0.269 e. The van der Waals surface area contributed by atoms with Gasteiger partial charge in [-0.1, -0.05) is 30.3 Å². The van der Waals surface area contributed by atoms with E-state index >= 15 is 0 Å². The molecule has 0 unspecified atom stereocenters. The van der Waals surface area contributed by atoms with Crippen molar-refractivity contribution >= 4 is 28.2 Å². The van der Waals surface area contributed by atoms with E-state index in [9.17, 15) is 14.9 Å². The molecule has 6 nitrogen and oxygen atoms in total. The Balaban J connectivity index is 1.89. The number of hydrogen-bond donors (Lipinski definition) is 1. The SMILES string of the molecule is CC(C)(C(=O)Nc1ccnc2ccccc12)c1ccc([N+](=O)[O-])cc1. The number of aromatic nitrogens is 1. The van der Waals surface area contributed by atoms with Gasteiger partial charge in [-0.3, -0.25) is 19.9 Å². The van der Waals surface area contributed by atoms with Gasteiger partial charge in [0.1, 0.15) is 0 Å². The van der Waals surface area contributed by atoms with Crippen molar-refractivity contribution in [1.82, 2.24) is 4.98 Å². The van der Waals surface area contributed by atoms with Crippen LogP contribution >= 0.6 is 0 Å². The lowest BCUT2D eigenvalue weighted by Crippen LogP contribution is -2.34. The highest BCUT2D eigenvalue weighted by atomic mass is 16.6. The molecule has 25 heavy (non-hydrogen) atoms. The number of nitrogens with one attached hydrogen (secondary N) is 1. The van der Waals surface area contributed by atoms with Gasteiger partial charge in [0, 0.05) is 23.7 Å². The number of anilines is 1. The number of rotatable bonds is 4. The summed E-state index contributed by atoms with van der Waals surface area (Å²) in [6.07, 6.45) is 1.65. The fourth-order valence-electron chi connectivity index (χ4n) is 2.61. The first-order chi connectivity index (χ1) is 11.9. The number of carbonyl (C=O) groups is 1. The van der Waals surface area contributed by atoms with Gasteiger partial charge in [0.15, 0.2) is 0 Å². The summed E-state index contributed by atoms with van der Waals surface area (Å²) >= 11 is 0. The van der Waals surface area contributed by atoms with E-state index in [-0.39, 0.29) is 11.6 Å². The molecule has 3 rings (SSSR count). The number of nitro benzene ring substituents is 1. The number of fused-ring (bicyclic) bond motifs is 1. The van der Waals surface area contributed by atoms with E-state index in [2.05, 4.69) is 10.3 Å². The molecule has 0 bridgehead atoms. The summed E-state index contributed by atoms with van der Waals surface area (Å²) in [6.45, 7) is 3.57. The number of benzene rings is 2. The molecule has 1 amide bonds. The summed E-state index contributed by atoms with van der Waals surface area (Å²) in [5, 5.41) is 14.6. The van der Waals surface area contributed by atoms with Crippen molar-refractivity contribution in [2.75, 3.05) is 5.32 Å². The summed E-state index contributed by atoms with van der Waals surface area (Å²) in [6, 6.07) is 15.4. The Labute approximate surface area is 144 Å². The number of pyridine rings is 1. The molecular weight excluding hydrogens is 318 g/mol. The number of nitrogens with zero attached hydrogens (tertiary/aromatic N) is 2. The summed E-state index contributed by atoms with van der Waals surface area (Å²) < 4.78 is 0. The lowest BCUT2D eigenvalue weighted by atomic mass is 9.83. The summed E-state index contributed by atoms with van der Waals surface area (Å²) in [4.78, 5) is 27.4. The fourth-order valence-corrected chi connectivity index (χ4v) is 2.61. The first-order valence-corrected chi connectivity index (χ1v) is 7.80. The Bertz CT molecular complexity index is 944. The van der Waals surface area contributed by atoms with Crippen LogP contribution < -0.4 is 5.32 Å². The topological polar surface area (TPSA) is 85.1 Å². The van der Waals surface area contributed by atoms with Gasteiger partial charge < -0.3 is 5.32 Å². The number of non-ortho nitro benzene ring substituents is 1. The number of hydrogen-bond acceptors (Lipinski definition) is 4. The molecule has 0 radical (unpaired) electrons. The highest BCUT2D eigenvalue weighted by Crippen LogP contribution is 2.28. The molecule has 1 aromatic heterocycles. The summed E-state index contributed by atoms with van der Waals surface area (Å²) in [7, 11) is 0. The molecule has 0 aliphatic rings. The lowest BCUT2D eigenvalue weighted by Gasteiger charge is -2.24. The van der Waals surface area contributed by atoms with E-state index in [1.165, 1.54) is 12.1 Å². The number of amides is 1. The standard InChI is InChI=1S/C19H17N3O3/c1-19(2,13-7-9-14(10-8-13)22(24)25)18(23)21-17-11-12-20-16-6-4-3-5-15(16)17/h3-12H,1-2H3,(H,20,21,23). The minimum absolute atomic E-state index is 0.0000796. The van der Waals surface area contributed by atoms with Gasteiger partial charge in [0.2, 0.25) is 5.91 Å². The van der Waals surface area contributed by atoms with Crippen LogP contribution in [0.15, 0.2) is 60.8 Å². The minimum atomic E-state index is -0.848. The van der Waals surface area contributed by atoms with Crippen LogP contribution in [0.2, 0.25) is 0 Å². The number of nitro groups is 1. The molecule has 0 spiro atoms. The highest BCUT2D eigenvalue weighted by molar-refractivity contribution is 6.04. The maximum Gasteiger partial charge on any atom is 0.269 e. The molecule has 0 fully saturated rings. The van der Waals surface area contributed by atoms with Gasteiger partial charge >= 0.3 is 0 Å². The van der Waals surface area contributed by atoms with Gasteiger partial charge in [0.05, 0.1) is 21.5 Å². The van der Waals surface area contributed by atoms with Crippen LogP contribution in [0.3, 0.4) is 0 Å². The van der Waals surface area contributed by atoms with E-state index < -0.39 is 10.3 Å². The van der Waals surface area contributed by atoms with Crippen LogP contribution in [0, 0.1) is 10.1 Å². The van der Waals surface area contributed by atoms with Crippen molar-refractivity contribution in [3.63, 3.8) is 0 Å². The van der Waals surface area contributed by atoms with E-state index in [1.807, 2.05) is 24.3 Å². The Kier molecular flexibility index (Phi) is 4.19. The predicted molar refractivity (Wildman–Crippen MR) is 96.5 cm³/mol. The molecule has 0 aliphatic carbocycles. The first-order valence-electron chi connectivity index (χ1n) is 7.80. The molecule has 6 heteroatoms. The quantitative estimate of drug-likeness (QED) is 0.575. The van der Waals surface area contributed by atoms with E-state index in [4.69, 9.17) is 0 Å². The maximum absolute atomic E-state index is 12.8. The summed E-state index contributed by atoms with van der Waals surface area (Å²) in [5.74, 6) is -0.197. The van der Waals surface area contributed by atoms with Crippen molar-refractivity contribution in [2.24, 2.45) is 0 Å². The zero-order valence-electron chi connectivity index (χ0n) is 13.9. The average Bonchev–Trinajstić information content (AvgIpc) is 2.62. The van der Waals surface area contributed by atoms with Crippen LogP contribution in [-0.4, -0.2) is 15.8 Å². The molecule has 2 aromatic carbocycles. The third-order valence-corrected chi connectivity index (χ3v) is 4.26. The Hall–Kier alpha value is -3.28. The second-order valence-electron chi connectivity index (χ2n) is 6.26. The molecule has 3 aromatic rings. The summed E-state index contributed by atoms with van der Waals surface area (Å²) in [5.41, 5.74) is 1.34. The molecule has 0 saturated heterocycles. The van der Waals surface area contributed by atoms with E-state index in [0.29, 0.717) is 11.3 Å². The Morgan fingerprint density at radius 3 is 2.44 bits per heavy atom. The van der Waals surface area contributed by atoms with Gasteiger partial charge in [-0.05, 0) is 31.5 Å². The molecule has 0 aliphatic heterocycles. The molecule has 126 valence electrons. The normalized spacial score (nSPS) is 11.3. The van der Waals surface area contributed by atoms with Crippen molar-refractivity contribution < 1.29 is 9.72 Å². The zero-order valence-corrected chi connectivity index (χ0v) is 13.9. The van der Waals surface area contributed by atoms with Crippen molar-refractivity contribution in [3.05, 3.63) is 76.5 Å². The van der Waals surface area contributed by atoms with Gasteiger partial charge in [-0.25, -0.2) is 0 Å². The van der Waals surface area contributed by atoms with Crippen molar-refractivity contribution in [1.29, 1.82) is 0 Å². The monoisotopic (exact) mass is 335 g/mol. The average molecular weight is 335 g/mol. The van der Waals surface area contributed by atoms with E-state index in [1.54, 1.807) is 38.2 Å². The predicted octanol–water partition coefficient (Wildman–Crippen LogP) is 4.06. The largest absolute Gasteiger partial charge is 0.325 e. The van der Waals surface area contributed by atoms with Gasteiger partial charge in [0.25, 0.3) is 5.69 Å². The number of para-hydroxylation sites is 1. The van der Waals surface area contributed by atoms with Crippen molar-refractivity contribution in [3.8, 4) is 0 Å². The van der Waals surface area contributed by atoms with Crippen LogP contribution in [-0.2, 0) is 10.2 Å². The minimum Gasteiger partial charge on any atom is -0.325 e. The fraction of sp³-hybridized carbons (Fsp3) is 0.158. The third-order valence-electron chi connectivity index (χ3n) is 4.26. The van der Waals surface area contributed by atoms with Crippen molar-refractivity contribution in [2.45, 2.75) is 19.3 Å². The second kappa shape index (κ2) is 6.32. The molecule has 0 saturated carbocycles. The lowest BCUT2D eigenvalue weighted by molar-refractivity contribution is -0.384. The molecule has 1 heterocycles.